The van der Waals surface area contributed by atoms with E-state index < -0.39 is 11.9 Å². The van der Waals surface area contributed by atoms with Crippen molar-refractivity contribution in [3.63, 3.8) is 0 Å². The first-order chi connectivity index (χ1) is 8.06. The Morgan fingerprint density at radius 1 is 1.76 bits per heavy atom. The summed E-state index contributed by atoms with van der Waals surface area (Å²) >= 11 is 0. The molecule has 2 aliphatic rings. The van der Waals surface area contributed by atoms with Crippen LogP contribution in [-0.4, -0.2) is 47.1 Å². The van der Waals surface area contributed by atoms with Crippen LogP contribution in [0, 0.1) is 0 Å². The number of hydroxylamine groups is 2. The fraction of sp³-hybridized carbons (Fsp3) is 0.455. The molecule has 2 rings (SSSR count). The second-order valence-electron chi connectivity index (χ2n) is 4.12. The molecule has 92 valence electrons. The highest BCUT2D eigenvalue weighted by Crippen LogP contribution is 2.29. The summed E-state index contributed by atoms with van der Waals surface area (Å²) < 4.78 is 0. The Hall–Kier alpha value is -1.82. The van der Waals surface area contributed by atoms with E-state index in [1.54, 1.807) is 12.2 Å². The average Bonchev–Trinajstić information content (AvgIpc) is 2.56. The smallest absolute Gasteiger partial charge is 0.345 e. The molecule has 0 aromatic heterocycles. The molecule has 0 aromatic rings. The van der Waals surface area contributed by atoms with E-state index in [1.807, 2.05) is 6.92 Å². The maximum Gasteiger partial charge on any atom is 0.345 e. The molecule has 1 saturated heterocycles. The number of nitrogens with zero attached hydrogens (tertiary/aromatic N) is 2. The molecule has 2 unspecified atom stereocenters. The van der Waals surface area contributed by atoms with Crippen LogP contribution in [-0.2, 0) is 9.63 Å². The molecule has 0 aromatic carbocycles. The Bertz CT molecular complexity index is 405. The molecule has 2 bridgehead atoms. The summed E-state index contributed by atoms with van der Waals surface area (Å²) in [6.07, 6.45) is 3.28. The van der Waals surface area contributed by atoms with E-state index in [0.717, 1.165) is 5.57 Å². The first kappa shape index (κ1) is 11.7. The molecule has 2 aliphatic heterocycles. The number of primary amides is 1. The molecule has 0 aliphatic carbocycles. The van der Waals surface area contributed by atoms with Crippen LogP contribution in [0.5, 0.6) is 0 Å². The van der Waals surface area contributed by atoms with Crippen LogP contribution < -0.4 is 5.73 Å². The Labute approximate surface area is 99.2 Å². The number of urea groups is 1. The van der Waals surface area contributed by atoms with Crippen molar-refractivity contribution in [3.8, 4) is 0 Å². The van der Waals surface area contributed by atoms with Crippen molar-refractivity contribution in [2.45, 2.75) is 19.0 Å². The van der Waals surface area contributed by atoms with Crippen LogP contribution >= 0.6 is 0 Å². The van der Waals surface area contributed by atoms with Crippen LogP contribution in [0.4, 0.5) is 4.79 Å². The zero-order valence-corrected chi connectivity index (χ0v) is 9.63. The van der Waals surface area contributed by atoms with Crippen molar-refractivity contribution in [1.82, 2.24) is 9.96 Å². The molecule has 6 nitrogen and oxygen atoms in total. The maximum atomic E-state index is 12.0. The lowest BCUT2D eigenvalue weighted by Gasteiger charge is -2.25. The van der Waals surface area contributed by atoms with Gasteiger partial charge in [0.25, 0.3) is 0 Å². The van der Waals surface area contributed by atoms with Gasteiger partial charge in [-0.3, -0.25) is 9.63 Å². The molecule has 2 N–H and O–H groups in total. The topological polar surface area (TPSA) is 75.9 Å². The van der Waals surface area contributed by atoms with Gasteiger partial charge in [-0.05, 0) is 12.5 Å². The predicted molar refractivity (Wildman–Crippen MR) is 60.6 cm³/mol. The highest BCUT2D eigenvalue weighted by atomic mass is 16.7. The number of nitrogens with two attached hydrogens (primary N) is 1. The third kappa shape index (κ3) is 1.80. The number of amides is 3. The summed E-state index contributed by atoms with van der Waals surface area (Å²) in [5.74, 6) is -0.526. The second-order valence-corrected chi connectivity index (χ2v) is 4.12. The van der Waals surface area contributed by atoms with E-state index >= 15 is 0 Å². The van der Waals surface area contributed by atoms with E-state index in [0.29, 0.717) is 6.54 Å². The lowest BCUT2D eigenvalue weighted by Crippen LogP contribution is -2.46. The first-order valence-electron chi connectivity index (χ1n) is 5.37. The lowest BCUT2D eigenvalue weighted by molar-refractivity contribution is -0.121. The van der Waals surface area contributed by atoms with Crippen LogP contribution in [0.2, 0.25) is 0 Å². The van der Waals surface area contributed by atoms with Gasteiger partial charge < -0.3 is 10.6 Å². The summed E-state index contributed by atoms with van der Waals surface area (Å²) in [7, 11) is 0. The summed E-state index contributed by atoms with van der Waals surface area (Å²) in [5.41, 5.74) is 6.19. The number of carbonyl (C=O) groups excluding carboxylic acids is 2. The fourth-order valence-electron chi connectivity index (χ4n) is 2.12. The summed E-state index contributed by atoms with van der Waals surface area (Å²) in [4.78, 5) is 30.0. The predicted octanol–water partition coefficient (Wildman–Crippen LogP) is 0.0240. The molecular formula is C11H15N3O3. The van der Waals surface area contributed by atoms with Gasteiger partial charge in [-0.25, -0.2) is 4.79 Å². The second kappa shape index (κ2) is 4.21. The summed E-state index contributed by atoms with van der Waals surface area (Å²) in [6.45, 7) is 6.08. The highest BCUT2D eigenvalue weighted by molar-refractivity contribution is 5.89. The van der Waals surface area contributed by atoms with Crippen molar-refractivity contribution in [2.75, 3.05) is 13.2 Å². The van der Waals surface area contributed by atoms with Gasteiger partial charge in [-0.2, -0.15) is 5.06 Å². The molecule has 2 heterocycles. The Morgan fingerprint density at radius 2 is 2.47 bits per heavy atom. The Kier molecular flexibility index (Phi) is 2.89. The number of hydrogen-bond donors (Lipinski definition) is 1. The summed E-state index contributed by atoms with van der Waals surface area (Å²) in [5, 5.41) is 1.29. The first-order valence-corrected chi connectivity index (χ1v) is 5.37. The summed E-state index contributed by atoms with van der Waals surface area (Å²) in [6, 6.07) is -1.14. The van der Waals surface area contributed by atoms with Gasteiger partial charge >= 0.3 is 6.03 Å². The molecule has 0 radical (unpaired) electrons. The van der Waals surface area contributed by atoms with Crippen LogP contribution in [0.15, 0.2) is 24.3 Å². The lowest BCUT2D eigenvalue weighted by atomic mass is 10.0. The third-order valence-corrected chi connectivity index (χ3v) is 2.99. The van der Waals surface area contributed by atoms with Crippen LogP contribution in [0.3, 0.4) is 0 Å². The molecule has 0 spiro atoms. The largest absolute Gasteiger partial charge is 0.368 e. The van der Waals surface area contributed by atoms with E-state index in [2.05, 4.69) is 6.58 Å². The molecule has 1 fully saturated rings. The number of hydrogen-bond acceptors (Lipinski definition) is 3. The molecule has 0 saturated carbocycles. The van der Waals surface area contributed by atoms with Gasteiger partial charge in [-0.1, -0.05) is 12.2 Å². The van der Waals surface area contributed by atoms with E-state index in [9.17, 15) is 9.59 Å². The molecule has 3 amide bonds. The van der Waals surface area contributed by atoms with E-state index in [1.165, 1.54) is 9.96 Å². The zero-order valence-electron chi connectivity index (χ0n) is 9.63. The van der Waals surface area contributed by atoms with Crippen molar-refractivity contribution in [2.24, 2.45) is 5.73 Å². The van der Waals surface area contributed by atoms with Gasteiger partial charge in [0.05, 0.1) is 19.2 Å². The Balaban J connectivity index is 2.24. The van der Waals surface area contributed by atoms with Gasteiger partial charge in [0.2, 0.25) is 5.91 Å². The van der Waals surface area contributed by atoms with Crippen molar-refractivity contribution in [3.05, 3.63) is 24.3 Å². The van der Waals surface area contributed by atoms with Gasteiger partial charge in [-0.15, -0.1) is 6.58 Å². The molecular weight excluding hydrogens is 222 g/mol. The van der Waals surface area contributed by atoms with Gasteiger partial charge in [0, 0.05) is 0 Å². The average molecular weight is 237 g/mol. The SMILES string of the molecule is C=CCON1C(=O)N2CC1C(C)=CC2C(N)=O. The quantitative estimate of drug-likeness (QED) is 0.700. The number of rotatable bonds is 4. The van der Waals surface area contributed by atoms with E-state index in [-0.39, 0.29) is 18.7 Å². The maximum absolute atomic E-state index is 12.0. The van der Waals surface area contributed by atoms with Gasteiger partial charge in [0.1, 0.15) is 6.04 Å². The normalized spacial score (nSPS) is 27.1. The van der Waals surface area contributed by atoms with Crippen molar-refractivity contribution < 1.29 is 14.4 Å². The highest BCUT2D eigenvalue weighted by Gasteiger charge is 2.46. The number of fused-ring (bicyclic) bond motifs is 2. The third-order valence-electron chi connectivity index (χ3n) is 2.99. The minimum atomic E-state index is -0.670. The fourth-order valence-corrected chi connectivity index (χ4v) is 2.12. The monoisotopic (exact) mass is 237 g/mol. The molecule has 17 heavy (non-hydrogen) atoms. The zero-order chi connectivity index (χ0) is 12.6. The number of carbonyl (C=O) groups is 2. The van der Waals surface area contributed by atoms with Crippen molar-refractivity contribution in [1.29, 1.82) is 0 Å². The molecule has 6 heteroatoms. The van der Waals surface area contributed by atoms with Crippen molar-refractivity contribution >= 4 is 11.9 Å². The standard InChI is InChI=1S/C11H15N3O3/c1-3-4-17-14-9-6-13(11(14)16)8(10(12)15)5-7(9)2/h3,5,8-9H,1,4,6H2,2H3,(H2,12,15). The van der Waals surface area contributed by atoms with Gasteiger partial charge in [0.15, 0.2) is 0 Å². The molecule has 2 atom stereocenters. The minimum Gasteiger partial charge on any atom is -0.368 e. The van der Waals surface area contributed by atoms with E-state index in [4.69, 9.17) is 10.6 Å². The Morgan fingerprint density at radius 3 is 3.06 bits per heavy atom. The minimum absolute atomic E-state index is 0.141. The van der Waals surface area contributed by atoms with Crippen LogP contribution in [0.25, 0.3) is 0 Å². The van der Waals surface area contributed by atoms with Crippen LogP contribution in [0.1, 0.15) is 6.92 Å².